The number of rotatable bonds is 5. The van der Waals surface area contributed by atoms with Crippen molar-refractivity contribution >= 4 is 18.1 Å². The first-order valence-corrected chi connectivity index (χ1v) is 6.64. The molecule has 0 heterocycles. The lowest BCUT2D eigenvalue weighted by atomic mass is 10.1. The lowest BCUT2D eigenvalue weighted by Crippen LogP contribution is -2.36. The molecule has 0 aromatic heterocycles. The van der Waals surface area contributed by atoms with Crippen LogP contribution in [0, 0.1) is 0 Å². The first kappa shape index (κ1) is 16.8. The number of carbonyl (C=O) groups is 2. The molecular weight excluding hydrogens is 270 g/mol. The summed E-state index contributed by atoms with van der Waals surface area (Å²) in [6.07, 6.45) is 1.07. The summed E-state index contributed by atoms with van der Waals surface area (Å²) in [7, 11) is 0. The molecule has 0 saturated heterocycles. The molecule has 0 fully saturated rings. The van der Waals surface area contributed by atoms with E-state index in [-0.39, 0.29) is 13.2 Å². The Kier molecular flexibility index (Phi) is 5.96. The summed E-state index contributed by atoms with van der Waals surface area (Å²) in [5.41, 5.74) is 1.22. The van der Waals surface area contributed by atoms with Crippen LogP contribution in [0.4, 0.5) is 4.79 Å². The van der Waals surface area contributed by atoms with Gasteiger partial charge in [-0.2, -0.15) is 0 Å². The molecule has 5 nitrogen and oxygen atoms in total. The van der Waals surface area contributed by atoms with Gasteiger partial charge in [-0.05, 0) is 38.0 Å². The molecule has 5 heteroatoms. The third kappa shape index (κ3) is 7.15. The maximum absolute atomic E-state index is 11.5. The van der Waals surface area contributed by atoms with Crippen molar-refractivity contribution in [3.63, 3.8) is 0 Å². The second-order valence-electron chi connectivity index (χ2n) is 5.47. The molecular formula is C16H21NO4. The van der Waals surface area contributed by atoms with Crippen LogP contribution in [0.5, 0.6) is 0 Å². The zero-order valence-electron chi connectivity index (χ0n) is 12.6. The molecule has 0 unspecified atom stereocenters. The van der Waals surface area contributed by atoms with E-state index >= 15 is 0 Å². The van der Waals surface area contributed by atoms with Crippen LogP contribution in [-0.4, -0.2) is 24.2 Å². The molecule has 0 atom stereocenters. The Bertz CT molecular complexity index is 517. The van der Waals surface area contributed by atoms with Crippen molar-refractivity contribution in [2.24, 2.45) is 0 Å². The van der Waals surface area contributed by atoms with Crippen LogP contribution >= 0.6 is 0 Å². The van der Waals surface area contributed by atoms with Crippen molar-refractivity contribution in [3.8, 4) is 0 Å². The smallest absolute Gasteiger partial charge is 0.408 e. The number of amides is 1. The van der Waals surface area contributed by atoms with E-state index in [0.29, 0.717) is 0 Å². The first-order valence-electron chi connectivity index (χ1n) is 6.64. The number of hydrogen-bond donors (Lipinski definition) is 1. The Morgan fingerprint density at radius 3 is 2.67 bits per heavy atom. The van der Waals surface area contributed by atoms with Crippen molar-refractivity contribution in [1.29, 1.82) is 0 Å². The molecule has 0 aliphatic rings. The van der Waals surface area contributed by atoms with E-state index in [4.69, 9.17) is 9.47 Å². The number of hydrogen-bond acceptors (Lipinski definition) is 4. The SMILES string of the molecule is C=Cc1cccc(COC(=O)CNC(=O)OC(C)(C)C)c1. The Morgan fingerprint density at radius 1 is 1.33 bits per heavy atom. The minimum Gasteiger partial charge on any atom is -0.460 e. The highest BCUT2D eigenvalue weighted by atomic mass is 16.6. The summed E-state index contributed by atoms with van der Waals surface area (Å²) in [6.45, 7) is 8.84. The van der Waals surface area contributed by atoms with E-state index in [9.17, 15) is 9.59 Å². The van der Waals surface area contributed by atoms with Crippen molar-refractivity contribution < 1.29 is 19.1 Å². The normalized spacial score (nSPS) is 10.6. The number of alkyl carbamates (subject to hydrolysis) is 1. The standard InChI is InChI=1S/C16H21NO4/c1-5-12-7-6-8-13(9-12)11-20-14(18)10-17-15(19)21-16(2,3)4/h5-9H,1,10-11H2,2-4H3,(H,17,19). The molecule has 1 aromatic carbocycles. The fraction of sp³-hybridized carbons (Fsp3) is 0.375. The van der Waals surface area contributed by atoms with Gasteiger partial charge in [0.15, 0.2) is 0 Å². The van der Waals surface area contributed by atoms with Crippen molar-refractivity contribution in [2.45, 2.75) is 33.0 Å². The van der Waals surface area contributed by atoms with Crippen LogP contribution in [0.1, 0.15) is 31.9 Å². The average Bonchev–Trinajstić information content (AvgIpc) is 2.41. The van der Waals surface area contributed by atoms with E-state index in [1.807, 2.05) is 24.3 Å². The Hall–Kier alpha value is -2.30. The van der Waals surface area contributed by atoms with Gasteiger partial charge < -0.3 is 14.8 Å². The third-order valence-corrected chi connectivity index (χ3v) is 2.36. The van der Waals surface area contributed by atoms with Crippen LogP contribution < -0.4 is 5.32 Å². The predicted octanol–water partition coefficient (Wildman–Crippen LogP) is 2.90. The largest absolute Gasteiger partial charge is 0.460 e. The highest BCUT2D eigenvalue weighted by Crippen LogP contribution is 2.08. The Labute approximate surface area is 124 Å². The summed E-state index contributed by atoms with van der Waals surface area (Å²) >= 11 is 0. The topological polar surface area (TPSA) is 64.6 Å². The summed E-state index contributed by atoms with van der Waals surface area (Å²) in [5, 5.41) is 2.35. The molecule has 114 valence electrons. The summed E-state index contributed by atoms with van der Waals surface area (Å²) in [4.78, 5) is 22.9. The quantitative estimate of drug-likeness (QED) is 0.847. The molecule has 0 spiro atoms. The maximum Gasteiger partial charge on any atom is 0.408 e. The van der Waals surface area contributed by atoms with Crippen LogP contribution in [0.15, 0.2) is 30.8 Å². The van der Waals surface area contributed by atoms with Gasteiger partial charge in [-0.25, -0.2) is 4.79 Å². The van der Waals surface area contributed by atoms with Gasteiger partial charge in [-0.15, -0.1) is 0 Å². The third-order valence-electron chi connectivity index (χ3n) is 2.36. The number of ether oxygens (including phenoxy) is 2. The molecule has 0 saturated carbocycles. The molecule has 0 radical (unpaired) electrons. The van der Waals surface area contributed by atoms with E-state index in [0.717, 1.165) is 11.1 Å². The van der Waals surface area contributed by atoms with Gasteiger partial charge >= 0.3 is 12.1 Å². The molecule has 1 N–H and O–H groups in total. The first-order chi connectivity index (χ1) is 9.80. The molecule has 1 aromatic rings. The summed E-state index contributed by atoms with van der Waals surface area (Å²) in [6, 6.07) is 7.49. The Balaban J connectivity index is 2.34. The lowest BCUT2D eigenvalue weighted by molar-refractivity contribution is -0.143. The molecule has 0 aliphatic heterocycles. The van der Waals surface area contributed by atoms with Gasteiger partial charge in [0.2, 0.25) is 0 Å². The molecule has 1 amide bonds. The van der Waals surface area contributed by atoms with Gasteiger partial charge in [0.25, 0.3) is 0 Å². The lowest BCUT2D eigenvalue weighted by Gasteiger charge is -2.19. The van der Waals surface area contributed by atoms with Crippen molar-refractivity contribution in [1.82, 2.24) is 5.32 Å². The van der Waals surface area contributed by atoms with Gasteiger partial charge in [-0.1, -0.05) is 30.9 Å². The van der Waals surface area contributed by atoms with Crippen molar-refractivity contribution in [2.75, 3.05) is 6.54 Å². The molecule has 1 rings (SSSR count). The Morgan fingerprint density at radius 2 is 2.05 bits per heavy atom. The van der Waals surface area contributed by atoms with E-state index in [2.05, 4.69) is 11.9 Å². The van der Waals surface area contributed by atoms with E-state index < -0.39 is 17.7 Å². The van der Waals surface area contributed by atoms with E-state index in [1.165, 1.54) is 0 Å². The second-order valence-corrected chi connectivity index (χ2v) is 5.47. The molecule has 0 aliphatic carbocycles. The van der Waals surface area contributed by atoms with Gasteiger partial charge in [-0.3, -0.25) is 4.79 Å². The summed E-state index contributed by atoms with van der Waals surface area (Å²) < 4.78 is 10.1. The van der Waals surface area contributed by atoms with Crippen LogP contribution in [0.3, 0.4) is 0 Å². The van der Waals surface area contributed by atoms with Crippen LogP contribution in [0.2, 0.25) is 0 Å². The maximum atomic E-state index is 11.5. The number of carbonyl (C=O) groups excluding carboxylic acids is 2. The molecule has 0 bridgehead atoms. The second kappa shape index (κ2) is 7.47. The zero-order valence-corrected chi connectivity index (χ0v) is 12.6. The van der Waals surface area contributed by atoms with Gasteiger partial charge in [0, 0.05) is 0 Å². The van der Waals surface area contributed by atoms with Gasteiger partial charge in [0.05, 0.1) is 0 Å². The highest BCUT2D eigenvalue weighted by molar-refractivity contribution is 5.78. The monoisotopic (exact) mass is 291 g/mol. The minimum absolute atomic E-state index is 0.149. The van der Waals surface area contributed by atoms with Crippen LogP contribution in [0.25, 0.3) is 6.08 Å². The highest BCUT2D eigenvalue weighted by Gasteiger charge is 2.16. The predicted molar refractivity (Wildman–Crippen MR) is 80.6 cm³/mol. The fourth-order valence-corrected chi connectivity index (χ4v) is 1.48. The summed E-state index contributed by atoms with van der Waals surface area (Å²) in [5.74, 6) is -0.523. The fourth-order valence-electron chi connectivity index (χ4n) is 1.48. The van der Waals surface area contributed by atoms with Gasteiger partial charge in [0.1, 0.15) is 18.8 Å². The number of nitrogens with one attached hydrogen (secondary N) is 1. The molecule has 21 heavy (non-hydrogen) atoms. The van der Waals surface area contributed by atoms with Crippen LogP contribution in [-0.2, 0) is 20.9 Å². The van der Waals surface area contributed by atoms with E-state index in [1.54, 1.807) is 26.8 Å². The average molecular weight is 291 g/mol. The zero-order chi connectivity index (χ0) is 15.9. The minimum atomic E-state index is -0.645. The number of benzene rings is 1. The number of esters is 1. The van der Waals surface area contributed by atoms with Crippen molar-refractivity contribution in [3.05, 3.63) is 42.0 Å².